The summed E-state index contributed by atoms with van der Waals surface area (Å²) in [5.74, 6) is -0.230. The van der Waals surface area contributed by atoms with Gasteiger partial charge >= 0.3 is 6.03 Å². The van der Waals surface area contributed by atoms with E-state index in [0.717, 1.165) is 9.90 Å². The summed E-state index contributed by atoms with van der Waals surface area (Å²) in [6, 6.07) is -0.525. The molecule has 9 heteroatoms. The minimum atomic E-state index is -0.525. The van der Waals surface area contributed by atoms with Crippen LogP contribution in [0.1, 0.15) is 5.69 Å². The maximum atomic E-state index is 11.5. The fraction of sp³-hybridized carbons (Fsp3) is 0.500. The molecule has 7 nitrogen and oxygen atoms in total. The van der Waals surface area contributed by atoms with Crippen LogP contribution >= 0.6 is 23.1 Å². The molecule has 0 aliphatic carbocycles. The van der Waals surface area contributed by atoms with Gasteiger partial charge in [-0.25, -0.2) is 9.78 Å². The molecule has 0 spiro atoms. The molecule has 0 aliphatic rings. The number of nitrogens with two attached hydrogens (primary N) is 1. The first kappa shape index (κ1) is 15.7. The zero-order valence-corrected chi connectivity index (χ0v) is 12.3. The fourth-order valence-electron chi connectivity index (χ4n) is 1.14. The molecule has 0 bridgehead atoms. The summed E-state index contributed by atoms with van der Waals surface area (Å²) in [6.45, 7) is 2.58. The number of imide groups is 1. The summed E-state index contributed by atoms with van der Waals surface area (Å²) in [4.78, 5) is 26.8. The van der Waals surface area contributed by atoms with Crippen LogP contribution in [0.3, 0.4) is 0 Å². The summed E-state index contributed by atoms with van der Waals surface area (Å²) in [7, 11) is 1.53. The van der Waals surface area contributed by atoms with Gasteiger partial charge in [0.05, 0.1) is 22.3 Å². The average Bonchev–Trinajstić information content (AvgIpc) is 2.65. The molecule has 0 aromatic carbocycles. The number of ether oxygens (including phenoxy) is 1. The molecule has 1 aromatic rings. The lowest BCUT2D eigenvalue weighted by atomic mass is 10.6. The number of thiazole rings is 1. The standard InChI is InChI=1S/C10H16N4O3S2/c1-6-8(19-9(11)13-6)18-5-7(15)14-10(16)12-3-4-17-2/h3-5H2,1-2H3,(H2,11,13)(H2,12,14,15,16). The van der Waals surface area contributed by atoms with E-state index in [1.807, 2.05) is 6.92 Å². The molecule has 19 heavy (non-hydrogen) atoms. The molecule has 1 heterocycles. The normalized spacial score (nSPS) is 10.2. The largest absolute Gasteiger partial charge is 0.383 e. The topological polar surface area (TPSA) is 106 Å². The number of anilines is 1. The molecule has 0 aliphatic heterocycles. The van der Waals surface area contributed by atoms with Crippen molar-refractivity contribution in [1.29, 1.82) is 0 Å². The monoisotopic (exact) mass is 304 g/mol. The summed E-state index contributed by atoms with van der Waals surface area (Å²) in [6.07, 6.45) is 0. The molecule has 106 valence electrons. The zero-order valence-electron chi connectivity index (χ0n) is 10.7. The van der Waals surface area contributed by atoms with Crippen molar-refractivity contribution in [2.24, 2.45) is 0 Å². The van der Waals surface area contributed by atoms with Gasteiger partial charge in [-0.3, -0.25) is 10.1 Å². The quantitative estimate of drug-likeness (QED) is 0.525. The number of carbonyl (C=O) groups excluding carboxylic acids is 2. The van der Waals surface area contributed by atoms with Crippen LogP contribution in [0.25, 0.3) is 0 Å². The number of nitrogen functional groups attached to an aromatic ring is 1. The molecule has 0 unspecified atom stereocenters. The van der Waals surface area contributed by atoms with Crippen molar-refractivity contribution in [2.75, 3.05) is 31.7 Å². The van der Waals surface area contributed by atoms with Gasteiger partial charge in [-0.15, -0.1) is 11.8 Å². The first-order chi connectivity index (χ1) is 9.02. The van der Waals surface area contributed by atoms with Crippen LogP contribution in [0.4, 0.5) is 9.93 Å². The lowest BCUT2D eigenvalue weighted by molar-refractivity contribution is -0.117. The Morgan fingerprint density at radius 1 is 1.53 bits per heavy atom. The highest BCUT2D eigenvalue weighted by Crippen LogP contribution is 2.30. The Labute approximate surface area is 119 Å². The van der Waals surface area contributed by atoms with Gasteiger partial charge in [0.15, 0.2) is 5.13 Å². The van der Waals surface area contributed by atoms with Crippen molar-refractivity contribution in [3.63, 3.8) is 0 Å². The number of urea groups is 1. The maximum absolute atomic E-state index is 11.5. The summed E-state index contributed by atoms with van der Waals surface area (Å²) < 4.78 is 5.65. The Kier molecular flexibility index (Phi) is 6.60. The second-order valence-corrected chi connectivity index (χ2v) is 5.79. The lowest BCUT2D eigenvalue weighted by Crippen LogP contribution is -2.41. The van der Waals surface area contributed by atoms with E-state index in [4.69, 9.17) is 10.5 Å². The minimum absolute atomic E-state index is 0.139. The number of carbonyl (C=O) groups is 2. The summed E-state index contributed by atoms with van der Waals surface area (Å²) >= 11 is 2.63. The van der Waals surface area contributed by atoms with Gasteiger partial charge in [0.2, 0.25) is 5.91 Å². The van der Waals surface area contributed by atoms with Gasteiger partial charge in [0.1, 0.15) is 0 Å². The van der Waals surface area contributed by atoms with Crippen molar-refractivity contribution in [1.82, 2.24) is 15.6 Å². The third-order valence-corrected chi connectivity index (χ3v) is 4.30. The molecule has 0 saturated carbocycles. The predicted molar refractivity (Wildman–Crippen MR) is 75.4 cm³/mol. The fourth-order valence-corrected chi connectivity index (χ4v) is 2.96. The third kappa shape index (κ3) is 5.90. The van der Waals surface area contributed by atoms with Crippen molar-refractivity contribution in [2.45, 2.75) is 11.1 Å². The van der Waals surface area contributed by atoms with Crippen LogP contribution in [0.15, 0.2) is 4.21 Å². The van der Waals surface area contributed by atoms with Crippen molar-refractivity contribution in [3.8, 4) is 0 Å². The van der Waals surface area contributed by atoms with E-state index in [2.05, 4.69) is 15.6 Å². The van der Waals surface area contributed by atoms with Gasteiger partial charge in [-0.05, 0) is 6.92 Å². The van der Waals surface area contributed by atoms with E-state index in [1.54, 1.807) is 0 Å². The second kappa shape index (κ2) is 7.97. The van der Waals surface area contributed by atoms with E-state index < -0.39 is 6.03 Å². The van der Waals surface area contributed by atoms with Crippen LogP contribution in [0.2, 0.25) is 0 Å². The average molecular weight is 304 g/mol. The number of methoxy groups -OCH3 is 1. The maximum Gasteiger partial charge on any atom is 0.321 e. The van der Waals surface area contributed by atoms with Crippen LogP contribution in [0, 0.1) is 6.92 Å². The molecule has 1 rings (SSSR count). The lowest BCUT2D eigenvalue weighted by Gasteiger charge is -2.05. The number of aromatic nitrogens is 1. The number of nitrogens with zero attached hydrogens (tertiary/aromatic N) is 1. The predicted octanol–water partition coefficient (Wildman–Crippen LogP) is 0.598. The second-order valence-electron chi connectivity index (χ2n) is 3.51. The van der Waals surface area contributed by atoms with Gasteiger partial charge < -0.3 is 15.8 Å². The van der Waals surface area contributed by atoms with E-state index >= 15 is 0 Å². The Balaban J connectivity index is 2.28. The summed E-state index contributed by atoms with van der Waals surface area (Å²) in [5.41, 5.74) is 6.35. The first-order valence-electron chi connectivity index (χ1n) is 5.45. The highest BCUT2D eigenvalue weighted by molar-refractivity contribution is 8.01. The minimum Gasteiger partial charge on any atom is -0.383 e. The molecule has 4 N–H and O–H groups in total. The van der Waals surface area contributed by atoms with E-state index in [0.29, 0.717) is 18.3 Å². The van der Waals surface area contributed by atoms with Gasteiger partial charge in [-0.1, -0.05) is 11.3 Å². The number of nitrogens with one attached hydrogen (secondary N) is 2. The first-order valence-corrected chi connectivity index (χ1v) is 7.25. The molecule has 3 amide bonds. The van der Waals surface area contributed by atoms with Crippen molar-refractivity contribution < 1.29 is 14.3 Å². The third-order valence-electron chi connectivity index (χ3n) is 1.95. The molecule has 0 radical (unpaired) electrons. The Hall–Kier alpha value is -1.32. The van der Waals surface area contributed by atoms with Crippen molar-refractivity contribution >= 4 is 40.2 Å². The molecule has 0 saturated heterocycles. The Bertz CT molecular complexity index is 450. The van der Waals surface area contributed by atoms with Gasteiger partial charge in [-0.2, -0.15) is 0 Å². The summed E-state index contributed by atoms with van der Waals surface area (Å²) in [5, 5.41) is 5.19. The SMILES string of the molecule is COCCNC(=O)NC(=O)CSc1sc(N)nc1C. The van der Waals surface area contributed by atoms with E-state index in [1.165, 1.54) is 30.2 Å². The molecule has 1 aromatic heterocycles. The van der Waals surface area contributed by atoms with Gasteiger partial charge in [0.25, 0.3) is 0 Å². The molecular formula is C10H16N4O3S2. The molecule has 0 atom stereocenters. The van der Waals surface area contributed by atoms with Crippen LogP contribution < -0.4 is 16.4 Å². The van der Waals surface area contributed by atoms with Gasteiger partial charge in [0, 0.05) is 13.7 Å². The molecule has 0 fully saturated rings. The number of amides is 3. The van der Waals surface area contributed by atoms with Crippen LogP contribution in [0.5, 0.6) is 0 Å². The Morgan fingerprint density at radius 3 is 2.84 bits per heavy atom. The van der Waals surface area contributed by atoms with Crippen molar-refractivity contribution in [3.05, 3.63) is 5.69 Å². The Morgan fingerprint density at radius 2 is 2.26 bits per heavy atom. The van der Waals surface area contributed by atoms with Crippen LogP contribution in [-0.2, 0) is 9.53 Å². The van der Waals surface area contributed by atoms with Crippen LogP contribution in [-0.4, -0.2) is 42.9 Å². The van der Waals surface area contributed by atoms with E-state index in [9.17, 15) is 9.59 Å². The zero-order chi connectivity index (χ0) is 14.3. The number of thioether (sulfide) groups is 1. The number of hydrogen-bond acceptors (Lipinski definition) is 7. The highest BCUT2D eigenvalue weighted by Gasteiger charge is 2.11. The highest BCUT2D eigenvalue weighted by atomic mass is 32.2. The smallest absolute Gasteiger partial charge is 0.321 e. The number of hydrogen-bond donors (Lipinski definition) is 3. The number of rotatable bonds is 6. The molecular weight excluding hydrogens is 288 g/mol. The van der Waals surface area contributed by atoms with E-state index in [-0.39, 0.29) is 11.7 Å². The number of aryl methyl sites for hydroxylation is 1.